The van der Waals surface area contributed by atoms with Gasteiger partial charge in [-0.25, -0.2) is 4.98 Å². The molecule has 0 aliphatic carbocycles. The summed E-state index contributed by atoms with van der Waals surface area (Å²) in [7, 11) is 1.73. The molecule has 0 saturated carbocycles. The minimum atomic E-state index is 0.0333. The summed E-state index contributed by atoms with van der Waals surface area (Å²) in [6.45, 7) is 5.35. The summed E-state index contributed by atoms with van der Waals surface area (Å²) in [5, 5.41) is 3.22. The standard InChI is InChI=1S/C16H25N3O2/c1-3-9-17-15-6-4-5-14(18-15)16(20)19-10-7-13(8-11-19)12-21-2/h4-6,13H,3,7-12H2,1-2H3,(H,17,18). The van der Waals surface area contributed by atoms with Crippen molar-refractivity contribution in [3.63, 3.8) is 0 Å². The van der Waals surface area contributed by atoms with E-state index in [4.69, 9.17) is 4.74 Å². The molecule has 0 unspecified atom stereocenters. The van der Waals surface area contributed by atoms with E-state index in [-0.39, 0.29) is 5.91 Å². The van der Waals surface area contributed by atoms with E-state index >= 15 is 0 Å². The largest absolute Gasteiger partial charge is 0.384 e. The fourth-order valence-corrected chi connectivity index (χ4v) is 2.61. The Bertz CT molecular complexity index is 457. The number of aromatic nitrogens is 1. The van der Waals surface area contributed by atoms with Crippen molar-refractivity contribution in [2.45, 2.75) is 26.2 Å². The molecule has 1 amide bonds. The average molecular weight is 291 g/mol. The predicted octanol–water partition coefficient (Wildman–Crippen LogP) is 2.40. The quantitative estimate of drug-likeness (QED) is 0.874. The maximum Gasteiger partial charge on any atom is 0.272 e. The van der Waals surface area contributed by atoms with E-state index in [1.165, 1.54) is 0 Å². The van der Waals surface area contributed by atoms with E-state index in [0.29, 0.717) is 11.6 Å². The van der Waals surface area contributed by atoms with Crippen LogP contribution in [0.1, 0.15) is 36.7 Å². The fourth-order valence-electron chi connectivity index (χ4n) is 2.61. The lowest BCUT2D eigenvalue weighted by Crippen LogP contribution is -2.39. The van der Waals surface area contributed by atoms with Gasteiger partial charge in [0.1, 0.15) is 11.5 Å². The van der Waals surface area contributed by atoms with E-state index < -0.39 is 0 Å². The van der Waals surface area contributed by atoms with Gasteiger partial charge in [-0.3, -0.25) is 4.79 Å². The number of nitrogens with zero attached hydrogens (tertiary/aromatic N) is 2. The van der Waals surface area contributed by atoms with E-state index in [1.807, 2.05) is 17.0 Å². The van der Waals surface area contributed by atoms with Gasteiger partial charge in [-0.15, -0.1) is 0 Å². The van der Waals surface area contributed by atoms with Crippen LogP contribution in [0.25, 0.3) is 0 Å². The van der Waals surface area contributed by atoms with Crippen LogP contribution in [0.2, 0.25) is 0 Å². The highest BCUT2D eigenvalue weighted by atomic mass is 16.5. The molecule has 1 aliphatic heterocycles. The number of rotatable bonds is 6. The Balaban J connectivity index is 1.94. The van der Waals surface area contributed by atoms with E-state index in [9.17, 15) is 4.79 Å². The molecule has 2 heterocycles. The molecular formula is C16H25N3O2. The number of amides is 1. The second-order valence-corrected chi connectivity index (χ2v) is 5.53. The van der Waals surface area contributed by atoms with Gasteiger partial charge in [0, 0.05) is 33.4 Å². The van der Waals surface area contributed by atoms with Crippen molar-refractivity contribution in [3.8, 4) is 0 Å². The van der Waals surface area contributed by atoms with E-state index in [0.717, 1.165) is 51.3 Å². The zero-order valence-corrected chi connectivity index (χ0v) is 13.0. The third kappa shape index (κ3) is 4.43. The van der Waals surface area contributed by atoms with Gasteiger partial charge in [0.15, 0.2) is 0 Å². The molecule has 1 aromatic rings. The first kappa shape index (κ1) is 15.8. The van der Waals surface area contributed by atoms with Gasteiger partial charge in [0.2, 0.25) is 0 Å². The van der Waals surface area contributed by atoms with E-state index in [2.05, 4.69) is 17.2 Å². The first-order valence-corrected chi connectivity index (χ1v) is 7.73. The van der Waals surface area contributed by atoms with Crippen LogP contribution in [0.15, 0.2) is 18.2 Å². The zero-order valence-electron chi connectivity index (χ0n) is 13.0. The van der Waals surface area contributed by atoms with Gasteiger partial charge in [-0.2, -0.15) is 0 Å². The normalized spacial score (nSPS) is 16.0. The van der Waals surface area contributed by atoms with Crippen molar-refractivity contribution in [2.75, 3.05) is 38.7 Å². The Kier molecular flexibility index (Phi) is 5.99. The molecule has 0 atom stereocenters. The highest BCUT2D eigenvalue weighted by Crippen LogP contribution is 2.19. The number of piperidine rings is 1. The molecule has 0 spiro atoms. The summed E-state index contributed by atoms with van der Waals surface area (Å²) >= 11 is 0. The number of carbonyl (C=O) groups is 1. The minimum Gasteiger partial charge on any atom is -0.384 e. The Morgan fingerprint density at radius 2 is 2.19 bits per heavy atom. The third-order valence-corrected chi connectivity index (χ3v) is 3.83. The Hall–Kier alpha value is -1.62. The highest BCUT2D eigenvalue weighted by molar-refractivity contribution is 5.92. The fraction of sp³-hybridized carbons (Fsp3) is 0.625. The van der Waals surface area contributed by atoms with Crippen LogP contribution in [0.4, 0.5) is 5.82 Å². The molecule has 116 valence electrons. The van der Waals surface area contributed by atoms with Crippen molar-refractivity contribution in [3.05, 3.63) is 23.9 Å². The van der Waals surface area contributed by atoms with Gasteiger partial charge in [0.25, 0.3) is 5.91 Å². The number of hydrogen-bond acceptors (Lipinski definition) is 4. The Labute approximate surface area is 126 Å². The molecule has 5 heteroatoms. The molecule has 1 saturated heterocycles. The maximum atomic E-state index is 12.5. The van der Waals surface area contributed by atoms with Crippen molar-refractivity contribution in [1.29, 1.82) is 0 Å². The van der Waals surface area contributed by atoms with Crippen LogP contribution in [0.3, 0.4) is 0 Å². The van der Waals surface area contributed by atoms with Crippen LogP contribution >= 0.6 is 0 Å². The molecule has 21 heavy (non-hydrogen) atoms. The average Bonchev–Trinajstić information content (AvgIpc) is 2.53. The smallest absolute Gasteiger partial charge is 0.272 e. The monoisotopic (exact) mass is 291 g/mol. The summed E-state index contributed by atoms with van der Waals surface area (Å²) in [5.74, 6) is 1.38. The number of methoxy groups -OCH3 is 1. The summed E-state index contributed by atoms with van der Waals surface area (Å²) in [5.41, 5.74) is 0.529. The molecule has 0 aromatic carbocycles. The third-order valence-electron chi connectivity index (χ3n) is 3.83. The summed E-state index contributed by atoms with van der Waals surface area (Å²) in [6.07, 6.45) is 3.05. The van der Waals surface area contributed by atoms with Crippen LogP contribution in [0, 0.1) is 5.92 Å². The molecule has 0 radical (unpaired) electrons. The second-order valence-electron chi connectivity index (χ2n) is 5.53. The van der Waals surface area contributed by atoms with Crippen molar-refractivity contribution in [1.82, 2.24) is 9.88 Å². The minimum absolute atomic E-state index is 0.0333. The molecule has 1 fully saturated rings. The number of nitrogens with one attached hydrogen (secondary N) is 1. The number of likely N-dealkylation sites (tertiary alicyclic amines) is 1. The first-order valence-electron chi connectivity index (χ1n) is 7.73. The lowest BCUT2D eigenvalue weighted by atomic mass is 9.97. The van der Waals surface area contributed by atoms with Gasteiger partial charge in [-0.05, 0) is 37.3 Å². The van der Waals surface area contributed by atoms with Gasteiger partial charge < -0.3 is 15.0 Å². The lowest BCUT2D eigenvalue weighted by Gasteiger charge is -2.31. The van der Waals surface area contributed by atoms with E-state index in [1.54, 1.807) is 13.2 Å². The van der Waals surface area contributed by atoms with Crippen LogP contribution in [-0.4, -0.2) is 49.1 Å². The maximum absolute atomic E-state index is 12.5. The Morgan fingerprint density at radius 3 is 2.86 bits per heavy atom. The van der Waals surface area contributed by atoms with Crippen molar-refractivity contribution < 1.29 is 9.53 Å². The van der Waals surface area contributed by atoms with Crippen LogP contribution < -0.4 is 5.32 Å². The van der Waals surface area contributed by atoms with Gasteiger partial charge >= 0.3 is 0 Å². The number of anilines is 1. The number of hydrogen-bond donors (Lipinski definition) is 1. The molecule has 5 nitrogen and oxygen atoms in total. The Morgan fingerprint density at radius 1 is 1.43 bits per heavy atom. The molecule has 2 rings (SSSR count). The summed E-state index contributed by atoms with van der Waals surface area (Å²) in [6, 6.07) is 5.58. The molecular weight excluding hydrogens is 266 g/mol. The summed E-state index contributed by atoms with van der Waals surface area (Å²) in [4.78, 5) is 18.8. The predicted molar refractivity (Wildman–Crippen MR) is 83.5 cm³/mol. The zero-order chi connectivity index (χ0) is 15.1. The van der Waals surface area contributed by atoms with Crippen molar-refractivity contribution >= 4 is 11.7 Å². The van der Waals surface area contributed by atoms with Crippen molar-refractivity contribution in [2.24, 2.45) is 5.92 Å². The summed E-state index contributed by atoms with van der Waals surface area (Å²) < 4.78 is 5.19. The van der Waals surface area contributed by atoms with Crippen LogP contribution in [-0.2, 0) is 4.74 Å². The molecule has 1 aromatic heterocycles. The topological polar surface area (TPSA) is 54.5 Å². The number of carbonyl (C=O) groups excluding carboxylic acids is 1. The second kappa shape index (κ2) is 7.98. The first-order chi connectivity index (χ1) is 10.2. The van der Waals surface area contributed by atoms with Gasteiger partial charge in [0.05, 0.1) is 0 Å². The molecule has 1 aliphatic rings. The number of pyridine rings is 1. The SMILES string of the molecule is CCCNc1cccc(C(=O)N2CCC(COC)CC2)n1. The molecule has 0 bridgehead atoms. The molecule has 1 N–H and O–H groups in total. The number of ether oxygens (including phenoxy) is 1. The van der Waals surface area contributed by atoms with Crippen LogP contribution in [0.5, 0.6) is 0 Å². The highest BCUT2D eigenvalue weighted by Gasteiger charge is 2.24. The van der Waals surface area contributed by atoms with Gasteiger partial charge in [-0.1, -0.05) is 13.0 Å². The lowest BCUT2D eigenvalue weighted by molar-refractivity contribution is 0.0608.